The smallest absolute Gasteiger partial charge is 0.303 e. The molecule has 0 fully saturated rings. The van der Waals surface area contributed by atoms with Crippen molar-refractivity contribution >= 4 is 17.6 Å². The Labute approximate surface area is 105 Å². The molecule has 5 heteroatoms. The van der Waals surface area contributed by atoms with E-state index in [0.717, 1.165) is 0 Å². The Morgan fingerprint density at radius 1 is 1.28 bits per heavy atom. The Morgan fingerprint density at radius 3 is 2.50 bits per heavy atom. The number of benzene rings is 1. The van der Waals surface area contributed by atoms with Crippen molar-refractivity contribution in [3.8, 4) is 0 Å². The summed E-state index contributed by atoms with van der Waals surface area (Å²) in [6.07, 6.45) is 0.314. The average molecular weight is 253 g/mol. The maximum atomic E-state index is 13.5. The van der Waals surface area contributed by atoms with E-state index in [4.69, 9.17) is 5.11 Å². The number of carbonyl (C=O) groups is 2. The molecular formula is C13H16FNO3. The van der Waals surface area contributed by atoms with Gasteiger partial charge < -0.3 is 10.0 Å². The minimum absolute atomic E-state index is 0.0550. The molecule has 1 aromatic carbocycles. The molecule has 0 heterocycles. The monoisotopic (exact) mass is 253 g/mol. The van der Waals surface area contributed by atoms with Crippen molar-refractivity contribution in [1.29, 1.82) is 0 Å². The van der Waals surface area contributed by atoms with Gasteiger partial charge in [0.15, 0.2) is 0 Å². The Bertz CT molecular complexity index is 434. The number of carboxylic acids is 1. The van der Waals surface area contributed by atoms with Gasteiger partial charge in [0.25, 0.3) is 0 Å². The molecule has 0 aliphatic carbocycles. The summed E-state index contributed by atoms with van der Waals surface area (Å²) < 4.78 is 13.5. The quantitative estimate of drug-likeness (QED) is 0.847. The summed E-state index contributed by atoms with van der Waals surface area (Å²) in [5.74, 6) is -1.65. The van der Waals surface area contributed by atoms with Gasteiger partial charge in [-0.2, -0.15) is 0 Å². The van der Waals surface area contributed by atoms with Gasteiger partial charge in [0.05, 0.1) is 5.69 Å². The maximum absolute atomic E-state index is 13.5. The van der Waals surface area contributed by atoms with Gasteiger partial charge in [-0.15, -0.1) is 0 Å². The Hall–Kier alpha value is -1.91. The second-order valence-electron chi connectivity index (χ2n) is 3.84. The molecule has 0 bridgehead atoms. The first-order valence-corrected chi connectivity index (χ1v) is 5.83. The van der Waals surface area contributed by atoms with Crippen LogP contribution in [0.25, 0.3) is 0 Å². The van der Waals surface area contributed by atoms with Crippen LogP contribution in [0.2, 0.25) is 0 Å². The van der Waals surface area contributed by atoms with Gasteiger partial charge in [-0.25, -0.2) is 4.39 Å². The largest absolute Gasteiger partial charge is 0.481 e. The van der Waals surface area contributed by atoms with Crippen LogP contribution in [-0.2, 0) is 9.59 Å². The van der Waals surface area contributed by atoms with E-state index >= 15 is 0 Å². The molecule has 0 aliphatic heterocycles. The minimum atomic E-state index is -0.934. The predicted octanol–water partition coefficient (Wildman–Crippen LogP) is 2.43. The van der Waals surface area contributed by atoms with Crippen LogP contribution in [0.3, 0.4) is 0 Å². The molecular weight excluding hydrogens is 237 g/mol. The lowest BCUT2D eigenvalue weighted by molar-refractivity contribution is -0.137. The number of rotatable bonds is 6. The summed E-state index contributed by atoms with van der Waals surface area (Å²) in [7, 11) is 0. The third-order valence-corrected chi connectivity index (χ3v) is 2.54. The SMILES string of the molecule is CCN(C(=O)CCCC(=O)O)c1ccccc1F. The van der Waals surface area contributed by atoms with Crippen LogP contribution in [0.15, 0.2) is 24.3 Å². The molecule has 0 spiro atoms. The summed E-state index contributed by atoms with van der Waals surface area (Å²) >= 11 is 0. The zero-order valence-electron chi connectivity index (χ0n) is 10.2. The number of hydrogen-bond donors (Lipinski definition) is 1. The van der Waals surface area contributed by atoms with Crippen molar-refractivity contribution in [2.24, 2.45) is 0 Å². The molecule has 0 aliphatic rings. The lowest BCUT2D eigenvalue weighted by Crippen LogP contribution is -2.31. The standard InChI is InChI=1S/C13H16FNO3/c1-2-15(11-7-4-3-6-10(11)14)12(16)8-5-9-13(17)18/h3-4,6-7H,2,5,8-9H2,1H3,(H,17,18). The van der Waals surface area contributed by atoms with Gasteiger partial charge in [0.1, 0.15) is 5.82 Å². The van der Waals surface area contributed by atoms with E-state index in [2.05, 4.69) is 0 Å². The molecule has 1 rings (SSSR count). The van der Waals surface area contributed by atoms with Gasteiger partial charge in [0, 0.05) is 19.4 Å². The molecule has 0 saturated heterocycles. The second kappa shape index (κ2) is 6.74. The number of aliphatic carboxylic acids is 1. The Balaban J connectivity index is 2.69. The highest BCUT2D eigenvalue weighted by molar-refractivity contribution is 5.93. The van der Waals surface area contributed by atoms with Crippen molar-refractivity contribution in [2.45, 2.75) is 26.2 Å². The first-order chi connectivity index (χ1) is 8.56. The summed E-state index contributed by atoms with van der Waals surface area (Å²) in [5, 5.41) is 8.50. The van der Waals surface area contributed by atoms with Crippen LogP contribution in [0.4, 0.5) is 10.1 Å². The van der Waals surface area contributed by atoms with Crippen LogP contribution in [0, 0.1) is 5.82 Å². The van der Waals surface area contributed by atoms with Crippen LogP contribution in [0.5, 0.6) is 0 Å². The normalized spacial score (nSPS) is 10.1. The lowest BCUT2D eigenvalue weighted by atomic mass is 10.2. The van der Waals surface area contributed by atoms with Gasteiger partial charge in [-0.3, -0.25) is 9.59 Å². The maximum Gasteiger partial charge on any atom is 0.303 e. The number of amides is 1. The first kappa shape index (κ1) is 14.2. The number of nitrogens with zero attached hydrogens (tertiary/aromatic N) is 1. The minimum Gasteiger partial charge on any atom is -0.481 e. The summed E-state index contributed by atoms with van der Waals surface area (Å²) in [4.78, 5) is 23.6. The molecule has 0 aromatic heterocycles. The molecule has 0 saturated carbocycles. The molecule has 98 valence electrons. The van der Waals surface area contributed by atoms with Crippen molar-refractivity contribution in [3.05, 3.63) is 30.1 Å². The third kappa shape index (κ3) is 3.84. The average Bonchev–Trinajstić information content (AvgIpc) is 2.32. The van der Waals surface area contributed by atoms with Crippen LogP contribution < -0.4 is 4.90 Å². The zero-order chi connectivity index (χ0) is 13.5. The molecule has 18 heavy (non-hydrogen) atoms. The third-order valence-electron chi connectivity index (χ3n) is 2.54. The number of para-hydroxylation sites is 1. The van der Waals surface area contributed by atoms with Gasteiger partial charge >= 0.3 is 5.97 Å². The molecule has 0 atom stereocenters. The summed E-state index contributed by atoms with van der Waals surface area (Å²) in [6.45, 7) is 2.11. The highest BCUT2D eigenvalue weighted by Gasteiger charge is 2.16. The zero-order valence-corrected chi connectivity index (χ0v) is 10.2. The number of hydrogen-bond acceptors (Lipinski definition) is 2. The highest BCUT2D eigenvalue weighted by atomic mass is 19.1. The van der Waals surface area contributed by atoms with E-state index in [0.29, 0.717) is 6.54 Å². The van der Waals surface area contributed by atoms with Crippen molar-refractivity contribution in [1.82, 2.24) is 0 Å². The van der Waals surface area contributed by atoms with E-state index in [9.17, 15) is 14.0 Å². The number of anilines is 1. The Kier molecular flexibility index (Phi) is 5.30. The fraction of sp³-hybridized carbons (Fsp3) is 0.385. The summed E-state index contributed by atoms with van der Waals surface area (Å²) in [5.41, 5.74) is 0.236. The number of carbonyl (C=O) groups excluding carboxylic acids is 1. The topological polar surface area (TPSA) is 57.6 Å². The molecule has 1 aromatic rings. The van der Waals surface area contributed by atoms with E-state index in [-0.39, 0.29) is 30.9 Å². The van der Waals surface area contributed by atoms with E-state index in [1.165, 1.54) is 17.0 Å². The van der Waals surface area contributed by atoms with Crippen molar-refractivity contribution in [3.63, 3.8) is 0 Å². The van der Waals surface area contributed by atoms with E-state index in [1.54, 1.807) is 19.1 Å². The first-order valence-electron chi connectivity index (χ1n) is 5.83. The van der Waals surface area contributed by atoms with Gasteiger partial charge in [0.2, 0.25) is 5.91 Å². The fourth-order valence-electron chi connectivity index (χ4n) is 1.68. The van der Waals surface area contributed by atoms with Crippen molar-refractivity contribution in [2.75, 3.05) is 11.4 Å². The van der Waals surface area contributed by atoms with Crippen LogP contribution in [-0.4, -0.2) is 23.5 Å². The van der Waals surface area contributed by atoms with Crippen LogP contribution in [0.1, 0.15) is 26.2 Å². The van der Waals surface area contributed by atoms with Gasteiger partial charge in [-0.1, -0.05) is 12.1 Å². The van der Waals surface area contributed by atoms with Crippen molar-refractivity contribution < 1.29 is 19.1 Å². The van der Waals surface area contributed by atoms with E-state index in [1.807, 2.05) is 0 Å². The summed E-state index contributed by atoms with van der Waals surface area (Å²) in [6, 6.07) is 6.05. The Morgan fingerprint density at radius 2 is 1.94 bits per heavy atom. The van der Waals surface area contributed by atoms with Gasteiger partial charge in [-0.05, 0) is 25.5 Å². The number of halogens is 1. The molecule has 4 nitrogen and oxygen atoms in total. The predicted molar refractivity (Wildman–Crippen MR) is 65.9 cm³/mol. The van der Waals surface area contributed by atoms with E-state index < -0.39 is 11.8 Å². The second-order valence-corrected chi connectivity index (χ2v) is 3.84. The molecule has 1 N–H and O–H groups in total. The molecule has 0 radical (unpaired) electrons. The highest BCUT2D eigenvalue weighted by Crippen LogP contribution is 2.19. The lowest BCUT2D eigenvalue weighted by Gasteiger charge is -2.21. The number of carboxylic acid groups (broad SMARTS) is 1. The molecule has 1 amide bonds. The van der Waals surface area contributed by atoms with Crippen LogP contribution >= 0.6 is 0 Å². The molecule has 0 unspecified atom stereocenters. The fourth-order valence-corrected chi connectivity index (χ4v) is 1.68.